The zero-order valence-corrected chi connectivity index (χ0v) is 19.0. The molecule has 2 saturated carbocycles. The van der Waals surface area contributed by atoms with Crippen molar-refractivity contribution in [1.82, 2.24) is 20.6 Å². The predicted molar refractivity (Wildman–Crippen MR) is 116 cm³/mol. The summed E-state index contributed by atoms with van der Waals surface area (Å²) >= 11 is 0. The number of fused-ring (bicyclic) bond motifs is 1. The van der Waals surface area contributed by atoms with Gasteiger partial charge in [-0.1, -0.05) is 12.5 Å². The second kappa shape index (κ2) is 11.3. The van der Waals surface area contributed by atoms with Gasteiger partial charge in [0.1, 0.15) is 12.0 Å². The van der Waals surface area contributed by atoms with Crippen LogP contribution in [0, 0.1) is 5.92 Å². The van der Waals surface area contributed by atoms with E-state index in [1.807, 2.05) is 0 Å². The highest BCUT2D eigenvalue weighted by molar-refractivity contribution is 5.82. The Morgan fingerprint density at radius 2 is 1.77 bits per heavy atom. The predicted octanol–water partition coefficient (Wildman–Crippen LogP) is 5.08. The number of benzene rings is 1. The van der Waals surface area contributed by atoms with Crippen molar-refractivity contribution in [3.05, 3.63) is 29.6 Å². The van der Waals surface area contributed by atoms with Crippen LogP contribution >= 0.6 is 0 Å². The number of aromatic nitrogens is 2. The first-order valence-corrected chi connectivity index (χ1v) is 11.5. The summed E-state index contributed by atoms with van der Waals surface area (Å²) in [6, 6.07) is 5.12. The van der Waals surface area contributed by atoms with Gasteiger partial charge in [0.25, 0.3) is 0 Å². The topological polar surface area (TPSA) is 86.9 Å². The maximum absolute atomic E-state index is 12.8. The molecule has 0 spiro atoms. The van der Waals surface area contributed by atoms with Crippen LogP contribution in [-0.2, 0) is 22.7 Å². The minimum Gasteiger partial charge on any atom is -0.352 e. The molecule has 0 aliphatic heterocycles. The standard InChI is InChI=1S/C17H18F4N4O2.C6H10F2/c18-11-6-10(11)16(27)23-8-14-24-12-2-1-9(5-13(12)25-14)7-22-15(26)3-4-17(19,20)21;7-6(8)4-2-1-3-5-6/h1-2,5,10-11H,3-4,6-8H2,(H,22,26)(H,23,27)(H,24,25);1-5H2. The van der Waals surface area contributed by atoms with Crippen LogP contribution in [0.15, 0.2) is 18.2 Å². The molecule has 2 aliphatic rings. The van der Waals surface area contributed by atoms with E-state index in [-0.39, 0.29) is 38.3 Å². The minimum absolute atomic E-state index is 0.0945. The first-order valence-electron chi connectivity index (χ1n) is 11.5. The molecule has 1 aromatic heterocycles. The molecule has 12 heteroatoms. The molecule has 0 bridgehead atoms. The highest BCUT2D eigenvalue weighted by Gasteiger charge is 2.43. The molecule has 2 aliphatic carbocycles. The summed E-state index contributed by atoms with van der Waals surface area (Å²) in [4.78, 5) is 30.4. The van der Waals surface area contributed by atoms with E-state index in [9.17, 15) is 35.9 Å². The number of amides is 2. The van der Waals surface area contributed by atoms with E-state index in [1.54, 1.807) is 18.2 Å². The normalized spacial score (nSPS) is 21.1. The first kappa shape index (κ1) is 26.8. The number of rotatable bonds is 7. The molecule has 2 atom stereocenters. The molecule has 3 N–H and O–H groups in total. The average Bonchev–Trinajstić information content (AvgIpc) is 3.37. The molecule has 194 valence electrons. The van der Waals surface area contributed by atoms with E-state index >= 15 is 0 Å². The van der Waals surface area contributed by atoms with E-state index < -0.39 is 42.9 Å². The fourth-order valence-electron chi connectivity index (χ4n) is 3.65. The molecule has 35 heavy (non-hydrogen) atoms. The molecule has 6 nitrogen and oxygen atoms in total. The molecule has 2 unspecified atom stereocenters. The molecule has 4 rings (SSSR count). The Morgan fingerprint density at radius 1 is 1.09 bits per heavy atom. The number of aromatic amines is 1. The lowest BCUT2D eigenvalue weighted by atomic mass is 9.97. The number of nitrogens with one attached hydrogen (secondary N) is 3. The third-order valence-electron chi connectivity index (χ3n) is 5.79. The number of nitrogens with zero attached hydrogens (tertiary/aromatic N) is 1. The van der Waals surface area contributed by atoms with E-state index in [1.165, 1.54) is 0 Å². The van der Waals surface area contributed by atoms with Crippen LogP contribution in [0.3, 0.4) is 0 Å². The largest absolute Gasteiger partial charge is 0.389 e. The van der Waals surface area contributed by atoms with Gasteiger partial charge in [0.05, 0.1) is 29.9 Å². The number of H-pyrrole nitrogens is 1. The molecule has 2 aromatic rings. The fourth-order valence-corrected chi connectivity index (χ4v) is 3.65. The van der Waals surface area contributed by atoms with Crippen LogP contribution in [0.5, 0.6) is 0 Å². The number of hydrogen-bond donors (Lipinski definition) is 3. The Balaban J connectivity index is 0.000000363. The van der Waals surface area contributed by atoms with Crippen LogP contribution < -0.4 is 10.6 Å². The zero-order valence-electron chi connectivity index (χ0n) is 19.0. The maximum atomic E-state index is 12.8. The van der Waals surface area contributed by atoms with E-state index in [0.717, 1.165) is 6.42 Å². The van der Waals surface area contributed by atoms with Crippen LogP contribution in [0.1, 0.15) is 62.8 Å². The Morgan fingerprint density at radius 3 is 2.34 bits per heavy atom. The van der Waals surface area contributed by atoms with Crippen LogP contribution in [0.2, 0.25) is 0 Å². The van der Waals surface area contributed by atoms with E-state index in [0.29, 0.717) is 35.3 Å². The van der Waals surface area contributed by atoms with Crippen molar-refractivity contribution in [2.75, 3.05) is 0 Å². The molecular weight excluding hydrogens is 478 g/mol. The fraction of sp³-hybridized carbons (Fsp3) is 0.609. The molecule has 2 fully saturated rings. The van der Waals surface area contributed by atoms with Gasteiger partial charge in [0, 0.05) is 25.8 Å². The summed E-state index contributed by atoms with van der Waals surface area (Å²) < 4.78 is 73.5. The average molecular weight is 506 g/mol. The molecular formula is C23H28F6N4O2. The summed E-state index contributed by atoms with van der Waals surface area (Å²) in [7, 11) is 0. The number of halogens is 6. The minimum atomic E-state index is -4.36. The smallest absolute Gasteiger partial charge is 0.352 e. The lowest BCUT2D eigenvalue weighted by molar-refractivity contribution is -0.144. The van der Waals surface area contributed by atoms with Crippen LogP contribution in [0.4, 0.5) is 26.3 Å². The van der Waals surface area contributed by atoms with Crippen molar-refractivity contribution in [3.8, 4) is 0 Å². The summed E-state index contributed by atoms with van der Waals surface area (Å²) in [5.41, 5.74) is 2.00. The number of hydrogen-bond acceptors (Lipinski definition) is 3. The number of carbonyl (C=O) groups excluding carboxylic acids is 2. The zero-order chi connectivity index (χ0) is 25.6. The van der Waals surface area contributed by atoms with Gasteiger partial charge < -0.3 is 15.6 Å². The van der Waals surface area contributed by atoms with E-state index in [4.69, 9.17) is 0 Å². The van der Waals surface area contributed by atoms with Crippen LogP contribution in [-0.4, -0.2) is 40.1 Å². The lowest BCUT2D eigenvalue weighted by Gasteiger charge is -2.20. The third kappa shape index (κ3) is 9.06. The molecule has 1 heterocycles. The Kier molecular flexibility index (Phi) is 8.65. The van der Waals surface area contributed by atoms with Crippen LogP contribution in [0.25, 0.3) is 11.0 Å². The number of alkyl halides is 6. The number of imidazole rings is 1. The monoisotopic (exact) mass is 506 g/mol. The molecule has 0 radical (unpaired) electrons. The molecule has 0 saturated heterocycles. The Bertz CT molecular complexity index is 1020. The van der Waals surface area contributed by atoms with Gasteiger partial charge in [-0.3, -0.25) is 9.59 Å². The highest BCUT2D eigenvalue weighted by atomic mass is 19.4. The van der Waals surface area contributed by atoms with Crippen molar-refractivity contribution in [3.63, 3.8) is 0 Å². The van der Waals surface area contributed by atoms with Crippen molar-refractivity contribution in [2.45, 2.75) is 82.7 Å². The SMILES string of the molecule is FC1(F)CCCCC1.O=C(CCC(F)(F)F)NCc1ccc2nc(CNC(=O)C3CC3F)[nH]c2c1. The third-order valence-corrected chi connectivity index (χ3v) is 5.79. The summed E-state index contributed by atoms with van der Waals surface area (Å²) in [5, 5.41) is 5.05. The first-order chi connectivity index (χ1) is 16.4. The van der Waals surface area contributed by atoms with Crippen molar-refractivity contribution in [2.24, 2.45) is 5.92 Å². The second-order valence-corrected chi connectivity index (χ2v) is 8.92. The Labute approximate surface area is 198 Å². The quantitative estimate of drug-likeness (QED) is 0.458. The van der Waals surface area contributed by atoms with Gasteiger partial charge in [-0.25, -0.2) is 18.2 Å². The lowest BCUT2D eigenvalue weighted by Crippen LogP contribution is -2.25. The summed E-state index contributed by atoms with van der Waals surface area (Å²) in [5.74, 6) is -3.40. The molecule has 2 amide bonds. The van der Waals surface area contributed by atoms with Gasteiger partial charge >= 0.3 is 6.18 Å². The maximum Gasteiger partial charge on any atom is 0.389 e. The van der Waals surface area contributed by atoms with E-state index in [2.05, 4.69) is 20.6 Å². The van der Waals surface area contributed by atoms with Crippen molar-refractivity contribution >= 4 is 22.8 Å². The van der Waals surface area contributed by atoms with Gasteiger partial charge in [0.2, 0.25) is 17.7 Å². The summed E-state index contributed by atoms with van der Waals surface area (Å²) in [6.07, 6.45) is -4.27. The number of carbonyl (C=O) groups is 2. The van der Waals surface area contributed by atoms with Gasteiger partial charge in [-0.05, 0) is 37.0 Å². The van der Waals surface area contributed by atoms with Crippen molar-refractivity contribution < 1.29 is 35.9 Å². The second-order valence-electron chi connectivity index (χ2n) is 8.92. The summed E-state index contributed by atoms with van der Waals surface area (Å²) in [6.45, 7) is 0.234. The van der Waals surface area contributed by atoms with Crippen molar-refractivity contribution in [1.29, 1.82) is 0 Å². The Hall–Kier alpha value is -2.79. The van der Waals surface area contributed by atoms with Gasteiger partial charge in [0.15, 0.2) is 0 Å². The molecule has 1 aromatic carbocycles. The van der Waals surface area contributed by atoms with Gasteiger partial charge in [-0.15, -0.1) is 0 Å². The highest BCUT2D eigenvalue weighted by Crippen LogP contribution is 2.34. The van der Waals surface area contributed by atoms with Gasteiger partial charge in [-0.2, -0.15) is 13.2 Å².